The predicted molar refractivity (Wildman–Crippen MR) is 126 cm³/mol. The Morgan fingerprint density at radius 1 is 1.10 bits per heavy atom. The van der Waals surface area contributed by atoms with Crippen molar-refractivity contribution < 1.29 is 9.53 Å². The Bertz CT molecular complexity index is 852. The molecule has 0 saturated carbocycles. The second kappa shape index (κ2) is 12.2. The zero-order valence-corrected chi connectivity index (χ0v) is 19.5. The van der Waals surface area contributed by atoms with Crippen LogP contribution < -0.4 is 4.74 Å². The summed E-state index contributed by atoms with van der Waals surface area (Å²) in [5.41, 5.74) is 1.99. The molecule has 2 rings (SSSR count). The first-order valence-corrected chi connectivity index (χ1v) is 11.6. The largest absolute Gasteiger partial charge is 0.425 e. The van der Waals surface area contributed by atoms with Crippen LogP contribution in [0.5, 0.6) is 5.75 Å². The van der Waals surface area contributed by atoms with E-state index in [0.717, 1.165) is 24.1 Å². The highest BCUT2D eigenvalue weighted by molar-refractivity contribution is 5.81. The maximum Gasteiger partial charge on any atom is 0.331 e. The van der Waals surface area contributed by atoms with Crippen molar-refractivity contribution in [3.05, 3.63) is 48.2 Å². The average Bonchev–Trinajstić information content (AvgIpc) is 2.79. The first kappa shape index (κ1) is 24.6. The molecule has 0 saturated heterocycles. The molecule has 0 bridgehead atoms. The standard InChI is InChI=1S/C27H36N2O2/c1-5-7-8-9-10-11-22-12-17-25(29-19-22)23-13-15-24(16-14-23)31-26(30)27(4,20-28)18-21(3)6-2/h12-17,19,21H,5-11,18H2,1-4H3. The zero-order chi connectivity index (χ0) is 22.7. The molecule has 166 valence electrons. The zero-order valence-electron chi connectivity index (χ0n) is 19.5. The van der Waals surface area contributed by atoms with Crippen molar-refractivity contribution in [2.45, 2.75) is 79.1 Å². The Morgan fingerprint density at radius 3 is 2.39 bits per heavy atom. The highest BCUT2D eigenvalue weighted by Crippen LogP contribution is 2.30. The van der Waals surface area contributed by atoms with Crippen LogP contribution in [-0.2, 0) is 11.2 Å². The molecule has 0 fully saturated rings. The van der Waals surface area contributed by atoms with Crippen molar-refractivity contribution in [2.24, 2.45) is 11.3 Å². The van der Waals surface area contributed by atoms with Crippen molar-refractivity contribution in [3.8, 4) is 23.1 Å². The van der Waals surface area contributed by atoms with Gasteiger partial charge in [-0.1, -0.05) is 58.9 Å². The molecule has 2 aromatic rings. The fraction of sp³-hybridized carbons (Fsp3) is 0.519. The van der Waals surface area contributed by atoms with Gasteiger partial charge in [0.15, 0.2) is 5.41 Å². The van der Waals surface area contributed by atoms with E-state index in [9.17, 15) is 10.1 Å². The molecule has 31 heavy (non-hydrogen) atoms. The Morgan fingerprint density at radius 2 is 1.81 bits per heavy atom. The normalized spacial score (nSPS) is 13.8. The molecule has 1 aromatic heterocycles. The van der Waals surface area contributed by atoms with Crippen LogP contribution in [0, 0.1) is 22.7 Å². The van der Waals surface area contributed by atoms with E-state index >= 15 is 0 Å². The van der Waals surface area contributed by atoms with Crippen LogP contribution in [0.15, 0.2) is 42.6 Å². The van der Waals surface area contributed by atoms with E-state index in [-0.39, 0.29) is 5.92 Å². The Kier molecular flexibility index (Phi) is 9.72. The number of hydrogen-bond donors (Lipinski definition) is 0. The van der Waals surface area contributed by atoms with Crippen LogP contribution >= 0.6 is 0 Å². The molecule has 4 nitrogen and oxygen atoms in total. The van der Waals surface area contributed by atoms with Crippen molar-refractivity contribution in [1.29, 1.82) is 5.26 Å². The Balaban J connectivity index is 1.95. The summed E-state index contributed by atoms with van der Waals surface area (Å²) in [5.74, 6) is 0.234. The third kappa shape index (κ3) is 7.51. The number of carbonyl (C=O) groups excluding carboxylic acids is 1. The summed E-state index contributed by atoms with van der Waals surface area (Å²) >= 11 is 0. The van der Waals surface area contributed by atoms with Gasteiger partial charge in [0.05, 0.1) is 11.8 Å². The molecule has 0 amide bonds. The molecule has 0 aliphatic carbocycles. The summed E-state index contributed by atoms with van der Waals surface area (Å²) in [6, 6.07) is 13.6. The quantitative estimate of drug-likeness (QED) is 0.208. The minimum atomic E-state index is -1.14. The highest BCUT2D eigenvalue weighted by atomic mass is 16.5. The number of esters is 1. The first-order chi connectivity index (χ1) is 14.9. The number of nitriles is 1. The third-order valence-electron chi connectivity index (χ3n) is 5.91. The van der Waals surface area contributed by atoms with Gasteiger partial charge in [0.1, 0.15) is 5.75 Å². The summed E-state index contributed by atoms with van der Waals surface area (Å²) in [6.07, 6.45) is 10.8. The van der Waals surface area contributed by atoms with E-state index in [0.29, 0.717) is 12.2 Å². The maximum absolute atomic E-state index is 12.6. The minimum absolute atomic E-state index is 0.282. The predicted octanol–water partition coefficient (Wildman–Crippen LogP) is 7.13. The van der Waals surface area contributed by atoms with E-state index in [1.54, 1.807) is 19.1 Å². The lowest BCUT2D eigenvalue weighted by atomic mass is 9.82. The summed E-state index contributed by atoms with van der Waals surface area (Å²) < 4.78 is 5.52. The van der Waals surface area contributed by atoms with Gasteiger partial charge in [-0.15, -0.1) is 0 Å². The number of nitrogens with zero attached hydrogens (tertiary/aromatic N) is 2. The van der Waals surface area contributed by atoms with E-state index in [2.05, 4.69) is 31.0 Å². The van der Waals surface area contributed by atoms with Crippen LogP contribution in [0.4, 0.5) is 0 Å². The second-order valence-electron chi connectivity index (χ2n) is 8.79. The third-order valence-corrected chi connectivity index (χ3v) is 5.91. The first-order valence-electron chi connectivity index (χ1n) is 11.6. The van der Waals surface area contributed by atoms with Crippen molar-refractivity contribution in [2.75, 3.05) is 0 Å². The molecule has 1 heterocycles. The van der Waals surface area contributed by atoms with E-state index in [1.165, 1.54) is 37.7 Å². The Hall–Kier alpha value is -2.67. The van der Waals surface area contributed by atoms with Gasteiger partial charge in [0, 0.05) is 11.8 Å². The van der Waals surface area contributed by atoms with Gasteiger partial charge in [-0.3, -0.25) is 4.98 Å². The fourth-order valence-corrected chi connectivity index (χ4v) is 3.61. The van der Waals surface area contributed by atoms with Crippen LogP contribution in [0.3, 0.4) is 0 Å². The lowest BCUT2D eigenvalue weighted by molar-refractivity contribution is -0.142. The van der Waals surface area contributed by atoms with Gasteiger partial charge in [-0.2, -0.15) is 5.26 Å². The molecule has 0 spiro atoms. The van der Waals surface area contributed by atoms with Gasteiger partial charge in [0.25, 0.3) is 0 Å². The summed E-state index contributed by atoms with van der Waals surface area (Å²) in [5, 5.41) is 9.53. The van der Waals surface area contributed by atoms with Crippen LogP contribution in [0.25, 0.3) is 11.3 Å². The molecule has 2 atom stereocenters. The van der Waals surface area contributed by atoms with Crippen LogP contribution in [0.1, 0.15) is 78.2 Å². The second-order valence-corrected chi connectivity index (χ2v) is 8.79. The van der Waals surface area contributed by atoms with Gasteiger partial charge < -0.3 is 4.74 Å². The molecule has 4 heteroatoms. The molecule has 2 unspecified atom stereocenters. The number of aromatic nitrogens is 1. The number of aryl methyl sites for hydroxylation is 1. The average molecular weight is 421 g/mol. The lowest BCUT2D eigenvalue weighted by Crippen LogP contribution is -2.32. The Labute approximate surface area is 187 Å². The molecular weight excluding hydrogens is 384 g/mol. The van der Waals surface area contributed by atoms with Gasteiger partial charge in [-0.05, 0) is 68.0 Å². The number of benzene rings is 1. The molecule has 0 aliphatic rings. The van der Waals surface area contributed by atoms with Crippen molar-refractivity contribution in [3.63, 3.8) is 0 Å². The smallest absolute Gasteiger partial charge is 0.331 e. The summed E-state index contributed by atoms with van der Waals surface area (Å²) in [7, 11) is 0. The molecule has 0 radical (unpaired) electrons. The van der Waals surface area contributed by atoms with Gasteiger partial charge >= 0.3 is 5.97 Å². The van der Waals surface area contributed by atoms with E-state index in [1.807, 2.05) is 31.3 Å². The van der Waals surface area contributed by atoms with Gasteiger partial charge in [0.2, 0.25) is 0 Å². The minimum Gasteiger partial charge on any atom is -0.425 e. The number of carbonyl (C=O) groups is 1. The highest BCUT2D eigenvalue weighted by Gasteiger charge is 2.36. The molecule has 0 N–H and O–H groups in total. The monoisotopic (exact) mass is 420 g/mol. The van der Waals surface area contributed by atoms with E-state index < -0.39 is 11.4 Å². The van der Waals surface area contributed by atoms with Crippen LogP contribution in [0.2, 0.25) is 0 Å². The SMILES string of the molecule is CCCCCCCc1ccc(-c2ccc(OC(=O)C(C)(C#N)CC(C)CC)cc2)nc1. The topological polar surface area (TPSA) is 63.0 Å². The van der Waals surface area contributed by atoms with Crippen molar-refractivity contribution >= 4 is 5.97 Å². The lowest BCUT2D eigenvalue weighted by Gasteiger charge is -2.22. The molecule has 1 aromatic carbocycles. The van der Waals surface area contributed by atoms with Gasteiger partial charge in [-0.25, -0.2) is 4.79 Å². The number of hydrogen-bond acceptors (Lipinski definition) is 4. The molecule has 0 aliphatic heterocycles. The number of ether oxygens (including phenoxy) is 1. The fourth-order valence-electron chi connectivity index (χ4n) is 3.61. The van der Waals surface area contributed by atoms with Crippen molar-refractivity contribution in [1.82, 2.24) is 4.98 Å². The number of pyridine rings is 1. The number of unbranched alkanes of at least 4 members (excludes halogenated alkanes) is 4. The maximum atomic E-state index is 12.6. The van der Waals surface area contributed by atoms with E-state index in [4.69, 9.17) is 4.74 Å². The summed E-state index contributed by atoms with van der Waals surface area (Å²) in [4.78, 5) is 17.2. The number of rotatable bonds is 12. The van der Waals surface area contributed by atoms with Crippen LogP contribution in [-0.4, -0.2) is 11.0 Å². The molecular formula is C27H36N2O2. The summed E-state index contributed by atoms with van der Waals surface area (Å²) in [6.45, 7) is 7.99.